The minimum atomic E-state index is -4.20. The van der Waals surface area contributed by atoms with Gasteiger partial charge < -0.3 is 39.8 Å². The van der Waals surface area contributed by atoms with Crippen molar-refractivity contribution in [2.24, 2.45) is 0 Å². The molecule has 0 amide bonds. The van der Waals surface area contributed by atoms with Gasteiger partial charge in [-0.1, -0.05) is 6.92 Å². The summed E-state index contributed by atoms with van der Waals surface area (Å²) in [6.45, 7) is 4.08. The highest BCUT2D eigenvalue weighted by molar-refractivity contribution is 7.53. The molecule has 0 saturated heterocycles. The fourth-order valence-corrected chi connectivity index (χ4v) is 3.74. The second-order valence-electron chi connectivity index (χ2n) is 7.07. The third-order valence-electron chi connectivity index (χ3n) is 4.82. The molecule has 2 heterocycles. The molecule has 2 aromatic heterocycles. The molecule has 11 nitrogen and oxygen atoms in total. The Bertz CT molecular complexity index is 861. The summed E-state index contributed by atoms with van der Waals surface area (Å²) in [5, 5.41) is 29.7. The van der Waals surface area contributed by atoms with Crippen LogP contribution in [0.15, 0.2) is 18.6 Å². The summed E-state index contributed by atoms with van der Waals surface area (Å²) in [6, 6.07) is 1.68. The Morgan fingerprint density at radius 1 is 1.38 bits per heavy atom. The fourth-order valence-electron chi connectivity index (χ4n) is 2.74. The fraction of sp³-hybridized carbons (Fsp3) is 0.647. The molecule has 6 N–H and O–H groups in total. The lowest BCUT2D eigenvalue weighted by Crippen LogP contribution is -2.33. The Kier molecular flexibility index (Phi) is 7.74. The van der Waals surface area contributed by atoms with E-state index in [2.05, 4.69) is 9.97 Å². The van der Waals surface area contributed by atoms with Crippen LogP contribution < -0.4 is 5.73 Å². The monoisotopic (exact) mass is 432 g/mol. The Morgan fingerprint density at radius 2 is 2.07 bits per heavy atom. The number of fused-ring (bicyclic) bond motifs is 1. The number of anilines is 1. The zero-order chi connectivity index (χ0) is 21.8. The van der Waals surface area contributed by atoms with Crippen LogP contribution in [0.4, 0.5) is 5.82 Å². The molecule has 2 aromatic rings. The highest BCUT2D eigenvalue weighted by Gasteiger charge is 2.37. The molecule has 3 unspecified atom stereocenters. The van der Waals surface area contributed by atoms with Gasteiger partial charge in [0, 0.05) is 12.6 Å². The maximum absolute atomic E-state index is 12.0. The normalized spacial score (nSPS) is 19.4. The first kappa shape index (κ1) is 23.7. The van der Waals surface area contributed by atoms with Crippen molar-refractivity contribution >= 4 is 24.4 Å². The smallest absolute Gasteiger partial charge is 0.356 e. The molecule has 5 atom stereocenters. The standard InChI is InChI=1S/C17H29N4O7P/c1-4-17(3,28-29(25,26)11(2)23)6-8-27-16(13(24)9-22)21-7-5-12-14(18)19-10-20-15(12)21/h5,7,10-11,13,16,22-24H,4,6,8-9H2,1-3H3,(H,25,26)(H2,18,19,20)/t11?,13-,16-,17?/m1/s1. The van der Waals surface area contributed by atoms with Crippen LogP contribution in [0.25, 0.3) is 11.0 Å². The number of hydrogen-bond acceptors (Lipinski definition) is 9. The number of aliphatic hydroxyl groups is 3. The van der Waals surface area contributed by atoms with Crippen molar-refractivity contribution in [2.45, 2.75) is 57.4 Å². The van der Waals surface area contributed by atoms with Crippen molar-refractivity contribution in [3.63, 3.8) is 0 Å². The minimum Gasteiger partial charge on any atom is -0.394 e. The molecule has 0 aliphatic rings. The van der Waals surface area contributed by atoms with Crippen molar-refractivity contribution in [1.82, 2.24) is 14.5 Å². The Morgan fingerprint density at radius 3 is 2.66 bits per heavy atom. The van der Waals surface area contributed by atoms with E-state index < -0.39 is 38.0 Å². The summed E-state index contributed by atoms with van der Waals surface area (Å²) >= 11 is 0. The number of aliphatic hydroxyl groups excluding tert-OH is 3. The number of ether oxygens (including phenoxy) is 1. The quantitative estimate of drug-likeness (QED) is 0.322. The number of nitrogens with two attached hydrogens (primary N) is 1. The molecular formula is C17H29N4O7P. The van der Waals surface area contributed by atoms with E-state index in [1.54, 1.807) is 26.1 Å². The SMILES string of the molecule is CCC(C)(CCO[C@H]([C@H](O)CO)n1ccc2c(N)ncnc21)OP(=O)(O)C(C)O. The predicted molar refractivity (Wildman–Crippen MR) is 106 cm³/mol. The first-order valence-electron chi connectivity index (χ1n) is 9.23. The second kappa shape index (κ2) is 9.48. The molecule has 12 heteroatoms. The van der Waals surface area contributed by atoms with E-state index in [4.69, 9.17) is 15.0 Å². The summed E-state index contributed by atoms with van der Waals surface area (Å²) in [5.41, 5.74) is 5.22. The lowest BCUT2D eigenvalue weighted by Gasteiger charge is -2.32. The maximum Gasteiger partial charge on any atom is 0.356 e. The van der Waals surface area contributed by atoms with Gasteiger partial charge in [-0.3, -0.25) is 4.57 Å². The molecule has 0 spiro atoms. The van der Waals surface area contributed by atoms with Crippen molar-refractivity contribution < 1.29 is 34.0 Å². The molecule has 0 aromatic carbocycles. The largest absolute Gasteiger partial charge is 0.394 e. The molecule has 0 fully saturated rings. The van der Waals surface area contributed by atoms with Gasteiger partial charge in [0.2, 0.25) is 0 Å². The second-order valence-corrected chi connectivity index (χ2v) is 9.13. The summed E-state index contributed by atoms with van der Waals surface area (Å²) in [5.74, 6) is -1.25. The van der Waals surface area contributed by atoms with Crippen LogP contribution in [0.2, 0.25) is 0 Å². The van der Waals surface area contributed by atoms with Gasteiger partial charge in [0.15, 0.2) is 12.1 Å². The minimum absolute atomic E-state index is 0.0338. The van der Waals surface area contributed by atoms with Gasteiger partial charge in [-0.25, -0.2) is 9.97 Å². The number of nitrogens with zero attached hydrogens (tertiary/aromatic N) is 3. The van der Waals surface area contributed by atoms with Crippen LogP contribution in [-0.4, -0.2) is 65.5 Å². The van der Waals surface area contributed by atoms with E-state index in [1.807, 2.05) is 0 Å². The van der Waals surface area contributed by atoms with Gasteiger partial charge in [-0.2, -0.15) is 0 Å². The maximum atomic E-state index is 12.0. The van der Waals surface area contributed by atoms with Crippen molar-refractivity contribution in [2.75, 3.05) is 18.9 Å². The van der Waals surface area contributed by atoms with Crippen molar-refractivity contribution in [1.29, 1.82) is 0 Å². The van der Waals surface area contributed by atoms with Crippen LogP contribution in [0.5, 0.6) is 0 Å². The lowest BCUT2D eigenvalue weighted by atomic mass is 10.0. The lowest BCUT2D eigenvalue weighted by molar-refractivity contribution is -0.106. The van der Waals surface area contributed by atoms with Crippen LogP contribution >= 0.6 is 7.60 Å². The van der Waals surface area contributed by atoms with Crippen LogP contribution in [0, 0.1) is 0 Å². The van der Waals surface area contributed by atoms with Crippen molar-refractivity contribution in [3.8, 4) is 0 Å². The van der Waals surface area contributed by atoms with E-state index in [0.29, 0.717) is 17.5 Å². The average molecular weight is 432 g/mol. The Labute approximate surface area is 168 Å². The number of nitrogen functional groups attached to an aromatic ring is 1. The zero-order valence-electron chi connectivity index (χ0n) is 16.7. The van der Waals surface area contributed by atoms with E-state index in [-0.39, 0.29) is 18.8 Å². The summed E-state index contributed by atoms with van der Waals surface area (Å²) < 4.78 is 24.7. The molecular weight excluding hydrogens is 403 g/mol. The highest BCUT2D eigenvalue weighted by Crippen LogP contribution is 2.51. The summed E-state index contributed by atoms with van der Waals surface area (Å²) in [4.78, 5) is 17.9. The van der Waals surface area contributed by atoms with Gasteiger partial charge >= 0.3 is 7.60 Å². The third kappa shape index (κ3) is 5.52. The van der Waals surface area contributed by atoms with E-state index in [9.17, 15) is 24.8 Å². The van der Waals surface area contributed by atoms with E-state index in [0.717, 1.165) is 0 Å². The molecule has 0 aliphatic heterocycles. The first-order chi connectivity index (χ1) is 13.5. The van der Waals surface area contributed by atoms with Crippen LogP contribution in [0.1, 0.15) is 39.8 Å². The highest BCUT2D eigenvalue weighted by atomic mass is 31.2. The molecule has 164 valence electrons. The zero-order valence-corrected chi connectivity index (χ0v) is 17.6. The summed E-state index contributed by atoms with van der Waals surface area (Å²) in [7, 11) is -4.20. The van der Waals surface area contributed by atoms with Crippen molar-refractivity contribution in [3.05, 3.63) is 18.6 Å². The van der Waals surface area contributed by atoms with Gasteiger partial charge in [-0.15, -0.1) is 0 Å². The predicted octanol–water partition coefficient (Wildman–Crippen LogP) is 0.981. The third-order valence-corrected chi connectivity index (χ3v) is 6.47. The molecule has 0 saturated carbocycles. The van der Waals surface area contributed by atoms with Crippen LogP contribution in [0.3, 0.4) is 0 Å². The molecule has 0 aliphatic carbocycles. The van der Waals surface area contributed by atoms with Gasteiger partial charge in [0.25, 0.3) is 0 Å². The topological polar surface area (TPSA) is 173 Å². The molecule has 0 bridgehead atoms. The van der Waals surface area contributed by atoms with E-state index in [1.165, 1.54) is 17.8 Å². The van der Waals surface area contributed by atoms with Gasteiger partial charge in [0.1, 0.15) is 23.9 Å². The van der Waals surface area contributed by atoms with E-state index >= 15 is 0 Å². The van der Waals surface area contributed by atoms with Crippen LogP contribution in [-0.2, 0) is 13.8 Å². The van der Waals surface area contributed by atoms with Gasteiger partial charge in [-0.05, 0) is 26.3 Å². The van der Waals surface area contributed by atoms with Gasteiger partial charge in [0.05, 0.1) is 24.2 Å². The Balaban J connectivity index is 2.17. The molecule has 0 radical (unpaired) electrons. The molecule has 29 heavy (non-hydrogen) atoms. The number of aromatic nitrogens is 3. The number of hydrogen-bond donors (Lipinski definition) is 5. The average Bonchev–Trinajstić information content (AvgIpc) is 3.09. The molecule has 2 rings (SSSR count). The Hall–Kier alpha value is -1.59. The first-order valence-corrected chi connectivity index (χ1v) is 10.9. The number of rotatable bonds is 11. The summed E-state index contributed by atoms with van der Waals surface area (Å²) in [6.07, 6.45) is 1.25.